The molecule has 2 atom stereocenters. The Bertz CT molecular complexity index is 1600. The van der Waals surface area contributed by atoms with E-state index in [-0.39, 0.29) is 18.0 Å². The average Bonchev–Trinajstić information content (AvgIpc) is 3.11. The Morgan fingerprint density at radius 3 is 2.60 bits per heavy atom. The lowest BCUT2D eigenvalue weighted by molar-refractivity contribution is -0.125. The van der Waals surface area contributed by atoms with Gasteiger partial charge in [0.1, 0.15) is 5.82 Å². The molecule has 0 radical (unpaired) electrons. The first-order valence-corrected chi connectivity index (χ1v) is 12.6. The van der Waals surface area contributed by atoms with Crippen LogP contribution in [-0.4, -0.2) is 36.8 Å². The van der Waals surface area contributed by atoms with E-state index in [4.69, 9.17) is 9.52 Å². The molecule has 4 aromatic rings. The number of nitrogens with zero attached hydrogens (tertiary/aromatic N) is 4. The van der Waals surface area contributed by atoms with Gasteiger partial charge in [0.05, 0.1) is 45.2 Å². The molecule has 0 saturated heterocycles. The Labute approximate surface area is 200 Å². The number of hydrogen-bond donors (Lipinski definition) is 1. The highest BCUT2D eigenvalue weighted by atomic mass is 32.2. The molecule has 11 heteroatoms. The van der Waals surface area contributed by atoms with Gasteiger partial charge in [0.15, 0.2) is 23.3 Å². The summed E-state index contributed by atoms with van der Waals surface area (Å²) in [6.45, 7) is 3.30. The third-order valence-electron chi connectivity index (χ3n) is 5.90. The number of anilines is 1. The van der Waals surface area contributed by atoms with Crippen molar-refractivity contribution in [2.45, 2.75) is 31.4 Å². The number of amides is 1. The molecule has 5 rings (SSSR count). The van der Waals surface area contributed by atoms with E-state index in [9.17, 15) is 17.8 Å². The first-order valence-electron chi connectivity index (χ1n) is 10.7. The molecule has 0 saturated carbocycles. The monoisotopic (exact) mass is 497 g/mol. The molecule has 8 nitrogen and oxygen atoms in total. The highest BCUT2D eigenvalue weighted by Gasteiger charge is 2.35. The summed E-state index contributed by atoms with van der Waals surface area (Å²) in [6, 6.07) is 8.53. The molecular formula is C24H21F2N5O3S. The lowest BCUT2D eigenvalue weighted by Gasteiger charge is -2.33. The Hall–Kier alpha value is -3.86. The molecule has 35 heavy (non-hydrogen) atoms. The summed E-state index contributed by atoms with van der Waals surface area (Å²) in [5.41, 5.74) is 3.16. The fraction of sp³-hybridized carbons (Fsp3) is 0.208. The largest absolute Gasteiger partial charge is 0.476 e. The van der Waals surface area contributed by atoms with Crippen molar-refractivity contribution >= 4 is 27.0 Å². The number of ether oxygens (including phenoxy) is 1. The van der Waals surface area contributed by atoms with Gasteiger partial charge in [0.2, 0.25) is 0 Å². The van der Waals surface area contributed by atoms with Gasteiger partial charge in [-0.2, -0.15) is 0 Å². The van der Waals surface area contributed by atoms with E-state index >= 15 is 0 Å². The van der Waals surface area contributed by atoms with Crippen LogP contribution in [0.4, 0.5) is 14.5 Å². The van der Waals surface area contributed by atoms with Crippen LogP contribution < -0.4 is 9.64 Å². The fourth-order valence-electron chi connectivity index (χ4n) is 4.09. The van der Waals surface area contributed by atoms with Crippen LogP contribution in [0, 0.1) is 23.3 Å². The second-order valence-corrected chi connectivity index (χ2v) is 10.6. The smallest absolute Gasteiger partial charge is 0.268 e. The second-order valence-electron chi connectivity index (χ2n) is 8.43. The van der Waals surface area contributed by atoms with Crippen LogP contribution in [0.2, 0.25) is 0 Å². The quantitative estimate of drug-likeness (QED) is 0.452. The molecule has 0 fully saturated rings. The van der Waals surface area contributed by atoms with Crippen molar-refractivity contribution in [2.24, 2.45) is 0 Å². The van der Waals surface area contributed by atoms with Crippen molar-refractivity contribution in [1.82, 2.24) is 14.4 Å². The highest BCUT2D eigenvalue weighted by Crippen LogP contribution is 2.38. The minimum atomic E-state index is -2.83. The number of halogens is 2. The number of aryl methyl sites for hydroxylation is 1. The summed E-state index contributed by atoms with van der Waals surface area (Å²) in [5, 5.41) is 0. The van der Waals surface area contributed by atoms with Gasteiger partial charge in [-0.05, 0) is 26.0 Å². The van der Waals surface area contributed by atoms with Crippen LogP contribution in [0.15, 0.2) is 53.7 Å². The average molecular weight is 498 g/mol. The Kier molecular flexibility index (Phi) is 5.32. The molecule has 0 bridgehead atoms. The van der Waals surface area contributed by atoms with Crippen molar-refractivity contribution in [3.63, 3.8) is 0 Å². The normalized spacial score (nSPS) is 17.2. The van der Waals surface area contributed by atoms with Crippen LogP contribution in [0.3, 0.4) is 0 Å². The summed E-state index contributed by atoms with van der Waals surface area (Å²) in [6.07, 6.45) is 3.76. The van der Waals surface area contributed by atoms with Crippen LogP contribution in [0.5, 0.6) is 5.75 Å². The van der Waals surface area contributed by atoms with Crippen LogP contribution in [-0.2, 0) is 21.1 Å². The molecule has 0 spiro atoms. The maximum Gasteiger partial charge on any atom is 0.268 e. The molecule has 2 aromatic carbocycles. The fourth-order valence-corrected chi connectivity index (χ4v) is 4.74. The van der Waals surface area contributed by atoms with Crippen LogP contribution >= 0.6 is 0 Å². The molecule has 180 valence electrons. The van der Waals surface area contributed by atoms with E-state index in [1.165, 1.54) is 18.1 Å². The summed E-state index contributed by atoms with van der Waals surface area (Å²) >= 11 is 0. The summed E-state index contributed by atoms with van der Waals surface area (Å²) in [7, 11) is -2.83. The number of fused-ring (bicyclic) bond motifs is 2. The predicted molar refractivity (Wildman–Crippen MR) is 126 cm³/mol. The van der Waals surface area contributed by atoms with E-state index in [0.717, 1.165) is 17.7 Å². The highest BCUT2D eigenvalue weighted by molar-refractivity contribution is 7.91. The van der Waals surface area contributed by atoms with Gasteiger partial charge in [0, 0.05) is 35.0 Å². The van der Waals surface area contributed by atoms with Crippen LogP contribution in [0.25, 0.3) is 16.9 Å². The topological polar surface area (TPSA) is 101 Å². The maximum absolute atomic E-state index is 14.4. The number of carbonyl (C=O) groups excluding carboxylic acids is 1. The molecule has 1 N–H and O–H groups in total. The van der Waals surface area contributed by atoms with Gasteiger partial charge in [-0.25, -0.2) is 22.8 Å². The number of aromatic nitrogens is 3. The van der Waals surface area contributed by atoms with Crippen molar-refractivity contribution in [1.29, 1.82) is 4.78 Å². The summed E-state index contributed by atoms with van der Waals surface area (Å²) in [5.74, 6) is -2.29. The molecule has 1 unspecified atom stereocenters. The van der Waals surface area contributed by atoms with Gasteiger partial charge >= 0.3 is 0 Å². The van der Waals surface area contributed by atoms with Gasteiger partial charge in [-0.1, -0.05) is 12.1 Å². The second kappa shape index (κ2) is 8.12. The third kappa shape index (κ3) is 4.01. The summed E-state index contributed by atoms with van der Waals surface area (Å²) in [4.78, 5) is 23.6. The van der Waals surface area contributed by atoms with E-state index in [1.54, 1.807) is 48.0 Å². The van der Waals surface area contributed by atoms with Crippen molar-refractivity contribution in [3.05, 3.63) is 71.8 Å². The number of carbonyl (C=O) groups is 1. The first kappa shape index (κ1) is 22.9. The number of hydrogen-bond acceptors (Lipinski definition) is 6. The zero-order valence-electron chi connectivity index (χ0n) is 19.1. The van der Waals surface area contributed by atoms with E-state index in [2.05, 4.69) is 9.97 Å². The number of rotatable bonds is 4. The first-order chi connectivity index (χ1) is 16.5. The molecule has 2 aromatic heterocycles. The van der Waals surface area contributed by atoms with Crippen molar-refractivity contribution in [3.8, 4) is 17.0 Å². The van der Waals surface area contributed by atoms with Gasteiger partial charge in [-0.15, -0.1) is 0 Å². The van der Waals surface area contributed by atoms with Gasteiger partial charge in [-0.3, -0.25) is 19.1 Å². The molecule has 1 amide bonds. The van der Waals surface area contributed by atoms with Gasteiger partial charge < -0.3 is 4.74 Å². The minimum absolute atomic E-state index is 0.00849. The maximum atomic E-state index is 14.4. The third-order valence-corrected chi connectivity index (χ3v) is 7.08. The summed E-state index contributed by atoms with van der Waals surface area (Å²) < 4.78 is 55.3. The van der Waals surface area contributed by atoms with Crippen LogP contribution in [0.1, 0.15) is 18.3 Å². The molecule has 3 heterocycles. The SMILES string of the molecule is Cc1nc2cnc(-c3ccc(S(C)(=N)=O)cc3)cn2c1CN1C(=O)[C@@H](C)Oc2c(F)cc(F)cc21. The number of benzene rings is 2. The minimum Gasteiger partial charge on any atom is -0.476 e. The van der Waals surface area contributed by atoms with Crippen molar-refractivity contribution in [2.75, 3.05) is 11.2 Å². The van der Waals surface area contributed by atoms with E-state index < -0.39 is 33.4 Å². The molecular weight excluding hydrogens is 476 g/mol. The van der Waals surface area contributed by atoms with E-state index in [1.807, 2.05) is 0 Å². The lowest BCUT2D eigenvalue weighted by Crippen LogP contribution is -2.44. The predicted octanol–water partition coefficient (Wildman–Crippen LogP) is 4.33. The van der Waals surface area contributed by atoms with Crippen molar-refractivity contribution < 1.29 is 22.5 Å². The standard InChI is InChI=1S/C24H21F2N5O3S/c1-13-21(12-31-20-9-16(25)8-18(26)23(20)34-14(2)24(31)32)30-11-19(28-10-22(30)29-13)15-4-6-17(7-5-15)35(3,27)33/h4-11,14,27H,12H2,1-3H3/t14-,35?/m1/s1. The number of nitrogens with one attached hydrogen (secondary N) is 1. The molecule has 1 aliphatic heterocycles. The Balaban J connectivity index is 1.58. The van der Waals surface area contributed by atoms with Gasteiger partial charge in [0.25, 0.3) is 5.91 Å². The lowest BCUT2D eigenvalue weighted by atomic mass is 10.1. The van der Waals surface area contributed by atoms with E-state index in [0.29, 0.717) is 27.6 Å². The number of imidazole rings is 1. The molecule has 0 aliphatic carbocycles. The Morgan fingerprint density at radius 1 is 1.20 bits per heavy atom. The molecule has 1 aliphatic rings. The zero-order chi connectivity index (χ0) is 25.1. The zero-order valence-corrected chi connectivity index (χ0v) is 19.9. The Morgan fingerprint density at radius 2 is 1.91 bits per heavy atom.